The third-order valence-electron chi connectivity index (χ3n) is 3.36. The van der Waals surface area contributed by atoms with Crippen molar-refractivity contribution in [3.8, 4) is 11.5 Å². The molecular formula is C17H15ClO2. The van der Waals surface area contributed by atoms with Gasteiger partial charge in [0.1, 0.15) is 17.3 Å². The van der Waals surface area contributed by atoms with Crippen LogP contribution < -0.4 is 4.74 Å². The quantitative estimate of drug-likeness (QED) is 0.799. The Morgan fingerprint density at radius 3 is 2.55 bits per heavy atom. The van der Waals surface area contributed by atoms with Gasteiger partial charge in [-0.1, -0.05) is 23.7 Å². The number of hydrogen-bond donors (Lipinski definition) is 0. The van der Waals surface area contributed by atoms with Crippen LogP contribution in [0.2, 0.25) is 5.02 Å². The number of halogens is 1. The lowest BCUT2D eigenvalue weighted by molar-refractivity contribution is -0.119. The minimum atomic E-state index is 0.302. The van der Waals surface area contributed by atoms with E-state index in [4.69, 9.17) is 16.3 Å². The van der Waals surface area contributed by atoms with Gasteiger partial charge in [-0.25, -0.2) is 0 Å². The van der Waals surface area contributed by atoms with Gasteiger partial charge in [0.05, 0.1) is 0 Å². The second-order valence-electron chi connectivity index (χ2n) is 5.12. The molecule has 0 amide bonds. The lowest BCUT2D eigenvalue weighted by atomic mass is 10.1. The predicted molar refractivity (Wildman–Crippen MR) is 79.4 cm³/mol. The van der Waals surface area contributed by atoms with E-state index in [0.717, 1.165) is 29.9 Å². The van der Waals surface area contributed by atoms with Gasteiger partial charge in [-0.3, -0.25) is 4.79 Å². The molecule has 20 heavy (non-hydrogen) atoms. The van der Waals surface area contributed by atoms with Crippen LogP contribution in [0.3, 0.4) is 0 Å². The highest BCUT2D eigenvalue weighted by atomic mass is 35.5. The van der Waals surface area contributed by atoms with E-state index in [9.17, 15) is 4.79 Å². The van der Waals surface area contributed by atoms with Crippen molar-refractivity contribution in [3.63, 3.8) is 0 Å². The minimum absolute atomic E-state index is 0.302. The van der Waals surface area contributed by atoms with Crippen LogP contribution in [-0.4, -0.2) is 5.78 Å². The second kappa shape index (κ2) is 5.68. The molecule has 102 valence electrons. The van der Waals surface area contributed by atoms with Crippen molar-refractivity contribution in [2.75, 3.05) is 0 Å². The molecule has 0 aromatic heterocycles. The van der Waals surface area contributed by atoms with Crippen molar-refractivity contribution < 1.29 is 9.53 Å². The molecule has 1 aliphatic rings. The number of benzene rings is 2. The van der Waals surface area contributed by atoms with Crippen LogP contribution in [0.4, 0.5) is 0 Å². The maximum atomic E-state index is 11.8. The Kier molecular flexibility index (Phi) is 3.75. The number of rotatable bonds is 5. The molecule has 2 nitrogen and oxygen atoms in total. The van der Waals surface area contributed by atoms with E-state index in [1.54, 1.807) is 12.1 Å². The molecule has 0 aliphatic heterocycles. The Labute approximate surface area is 123 Å². The summed E-state index contributed by atoms with van der Waals surface area (Å²) in [7, 11) is 0. The molecule has 1 saturated carbocycles. The monoisotopic (exact) mass is 286 g/mol. The topological polar surface area (TPSA) is 26.3 Å². The fourth-order valence-electron chi connectivity index (χ4n) is 2.11. The number of carbonyl (C=O) groups is 1. The summed E-state index contributed by atoms with van der Waals surface area (Å²) in [6.07, 6.45) is 2.61. The normalized spacial score (nSPS) is 14.1. The van der Waals surface area contributed by atoms with E-state index in [0.29, 0.717) is 23.1 Å². The fraction of sp³-hybridized carbons (Fsp3) is 0.235. The Bertz CT molecular complexity index is 615. The molecular weight excluding hydrogens is 272 g/mol. The molecule has 1 fully saturated rings. The molecule has 3 rings (SSSR count). The molecule has 0 heterocycles. The van der Waals surface area contributed by atoms with Crippen molar-refractivity contribution in [2.24, 2.45) is 5.92 Å². The first-order chi connectivity index (χ1) is 9.70. The Balaban J connectivity index is 1.70. The summed E-state index contributed by atoms with van der Waals surface area (Å²) in [4.78, 5) is 11.8. The van der Waals surface area contributed by atoms with Crippen LogP contribution >= 0.6 is 11.6 Å². The molecule has 0 bridgehead atoms. The highest BCUT2D eigenvalue weighted by Gasteiger charge is 2.29. The lowest BCUT2D eigenvalue weighted by Gasteiger charge is -2.07. The van der Waals surface area contributed by atoms with Crippen molar-refractivity contribution >= 4 is 17.4 Å². The first-order valence-electron chi connectivity index (χ1n) is 6.76. The number of Topliss-reactive ketones (excluding diaryl/α,β-unsaturated/α-hetero) is 1. The van der Waals surface area contributed by atoms with E-state index in [-0.39, 0.29) is 0 Å². The zero-order valence-corrected chi connectivity index (χ0v) is 11.8. The number of carbonyl (C=O) groups excluding carboxylic acids is 1. The summed E-state index contributed by atoms with van der Waals surface area (Å²) in [5.41, 5.74) is 1.01. The predicted octanol–water partition coefficient (Wildman–Crippen LogP) is 4.65. The third-order valence-corrected chi connectivity index (χ3v) is 3.61. The summed E-state index contributed by atoms with van der Waals surface area (Å²) < 4.78 is 5.76. The fourth-order valence-corrected chi connectivity index (χ4v) is 2.23. The molecule has 0 saturated heterocycles. The third kappa shape index (κ3) is 3.40. The number of ketones is 1. The van der Waals surface area contributed by atoms with Crippen LogP contribution in [0.1, 0.15) is 18.4 Å². The van der Waals surface area contributed by atoms with Crippen molar-refractivity contribution in [3.05, 3.63) is 59.1 Å². The smallest absolute Gasteiger partial charge is 0.140 e. The standard InChI is InChI=1S/C17H15ClO2/c18-14-6-8-15(9-7-14)20-16-3-1-2-12(10-16)11-17(19)13-4-5-13/h1-3,6-10,13H,4-5,11H2. The Hall–Kier alpha value is -1.80. The summed E-state index contributed by atoms with van der Waals surface area (Å²) in [6.45, 7) is 0. The van der Waals surface area contributed by atoms with E-state index in [1.165, 1.54) is 0 Å². The molecule has 0 radical (unpaired) electrons. The highest BCUT2D eigenvalue weighted by Crippen LogP contribution is 2.31. The molecule has 0 spiro atoms. The molecule has 0 unspecified atom stereocenters. The number of ether oxygens (including phenoxy) is 1. The molecule has 0 N–H and O–H groups in total. The van der Waals surface area contributed by atoms with Crippen molar-refractivity contribution in [1.29, 1.82) is 0 Å². The van der Waals surface area contributed by atoms with Gasteiger partial charge in [0.15, 0.2) is 0 Å². The van der Waals surface area contributed by atoms with Gasteiger partial charge in [-0.15, -0.1) is 0 Å². The van der Waals surface area contributed by atoms with E-state index < -0.39 is 0 Å². The van der Waals surface area contributed by atoms with Crippen molar-refractivity contribution in [1.82, 2.24) is 0 Å². The van der Waals surface area contributed by atoms with Gasteiger partial charge in [0, 0.05) is 17.4 Å². The second-order valence-corrected chi connectivity index (χ2v) is 5.56. The average Bonchev–Trinajstić information content (AvgIpc) is 3.26. The maximum Gasteiger partial charge on any atom is 0.140 e. The lowest BCUT2D eigenvalue weighted by Crippen LogP contribution is -2.04. The average molecular weight is 287 g/mol. The van der Waals surface area contributed by atoms with Gasteiger partial charge in [0.2, 0.25) is 0 Å². The summed E-state index contributed by atoms with van der Waals surface area (Å²) in [5, 5.41) is 0.682. The molecule has 1 aliphatic carbocycles. The van der Waals surface area contributed by atoms with Gasteiger partial charge < -0.3 is 4.74 Å². The van der Waals surface area contributed by atoms with Gasteiger partial charge >= 0.3 is 0 Å². The maximum absolute atomic E-state index is 11.8. The van der Waals surface area contributed by atoms with Crippen LogP contribution in [0.25, 0.3) is 0 Å². The van der Waals surface area contributed by atoms with Crippen molar-refractivity contribution in [2.45, 2.75) is 19.3 Å². The van der Waals surface area contributed by atoms with Gasteiger partial charge in [-0.05, 0) is 54.8 Å². The van der Waals surface area contributed by atoms with Gasteiger partial charge in [0.25, 0.3) is 0 Å². The van der Waals surface area contributed by atoms with E-state index in [1.807, 2.05) is 36.4 Å². The zero-order valence-electron chi connectivity index (χ0n) is 11.0. The zero-order chi connectivity index (χ0) is 13.9. The van der Waals surface area contributed by atoms with Crippen LogP contribution in [-0.2, 0) is 11.2 Å². The molecule has 3 heteroatoms. The SMILES string of the molecule is O=C(Cc1cccc(Oc2ccc(Cl)cc2)c1)C1CC1. The highest BCUT2D eigenvalue weighted by molar-refractivity contribution is 6.30. The van der Waals surface area contributed by atoms with Gasteiger partial charge in [-0.2, -0.15) is 0 Å². The van der Waals surface area contributed by atoms with Crippen LogP contribution in [0.15, 0.2) is 48.5 Å². The first-order valence-corrected chi connectivity index (χ1v) is 7.13. The molecule has 2 aromatic carbocycles. The summed E-state index contributed by atoms with van der Waals surface area (Å²) >= 11 is 5.84. The molecule has 0 atom stereocenters. The van der Waals surface area contributed by atoms with E-state index >= 15 is 0 Å². The van der Waals surface area contributed by atoms with Crippen LogP contribution in [0, 0.1) is 5.92 Å². The Morgan fingerprint density at radius 2 is 1.85 bits per heavy atom. The van der Waals surface area contributed by atoms with E-state index in [2.05, 4.69) is 0 Å². The summed E-state index contributed by atoms with van der Waals surface area (Å²) in [6, 6.07) is 14.9. The minimum Gasteiger partial charge on any atom is -0.457 e. The first kappa shape index (κ1) is 13.2. The Morgan fingerprint density at radius 1 is 1.10 bits per heavy atom. The number of hydrogen-bond acceptors (Lipinski definition) is 2. The summed E-state index contributed by atoms with van der Waals surface area (Å²) in [5.74, 6) is 2.12. The van der Waals surface area contributed by atoms with Crippen LogP contribution in [0.5, 0.6) is 11.5 Å². The largest absolute Gasteiger partial charge is 0.457 e. The molecule has 2 aromatic rings.